The summed E-state index contributed by atoms with van der Waals surface area (Å²) < 4.78 is 5.64. The molecule has 0 radical (unpaired) electrons. The van der Waals surface area contributed by atoms with Crippen LogP contribution in [0.5, 0.6) is 5.75 Å². The molecule has 1 N–H and O–H groups in total. The quantitative estimate of drug-likeness (QED) is 0.877. The molecule has 1 heterocycles. The van der Waals surface area contributed by atoms with Gasteiger partial charge in [0.2, 0.25) is 0 Å². The molecular weight excluding hydrogens is 292 g/mol. The van der Waals surface area contributed by atoms with Crippen LogP contribution in [0.3, 0.4) is 0 Å². The van der Waals surface area contributed by atoms with Crippen molar-refractivity contribution >= 4 is 11.8 Å². The summed E-state index contributed by atoms with van der Waals surface area (Å²) in [5, 5.41) is 2.83. The van der Waals surface area contributed by atoms with Crippen LogP contribution >= 0.6 is 0 Å². The van der Waals surface area contributed by atoms with Crippen LogP contribution in [0.15, 0.2) is 24.3 Å². The summed E-state index contributed by atoms with van der Waals surface area (Å²) in [4.78, 5) is 26.3. The molecular formula is C18H26N2O3. The Morgan fingerprint density at radius 1 is 1.13 bits per heavy atom. The summed E-state index contributed by atoms with van der Waals surface area (Å²) in [6.07, 6.45) is 5.36. The standard InChI is InChI=1S/C18H26N2O3/c1-2-11-19-18(22)15-9-5-6-10-16(15)23-14-17(21)20-12-7-3-4-8-13-20/h5-6,9-10H,2-4,7-8,11-14H2,1H3,(H,19,22). The summed E-state index contributed by atoms with van der Waals surface area (Å²) in [5.74, 6) is 0.296. The Morgan fingerprint density at radius 2 is 1.83 bits per heavy atom. The molecule has 23 heavy (non-hydrogen) atoms. The fourth-order valence-corrected chi connectivity index (χ4v) is 2.66. The topological polar surface area (TPSA) is 58.6 Å². The molecule has 1 aromatic rings. The normalized spacial score (nSPS) is 14.9. The van der Waals surface area contributed by atoms with Crippen molar-refractivity contribution in [1.29, 1.82) is 0 Å². The number of rotatable bonds is 6. The Kier molecular flexibility index (Phi) is 6.91. The van der Waals surface area contributed by atoms with Crippen LogP contribution in [0.2, 0.25) is 0 Å². The van der Waals surface area contributed by atoms with Gasteiger partial charge in [-0.15, -0.1) is 0 Å². The van der Waals surface area contributed by atoms with E-state index in [1.165, 1.54) is 12.8 Å². The lowest BCUT2D eigenvalue weighted by Crippen LogP contribution is -2.35. The lowest BCUT2D eigenvalue weighted by Gasteiger charge is -2.20. The summed E-state index contributed by atoms with van der Waals surface area (Å²) in [5.41, 5.74) is 0.476. The minimum Gasteiger partial charge on any atom is -0.483 e. The van der Waals surface area contributed by atoms with Gasteiger partial charge in [0.25, 0.3) is 11.8 Å². The summed E-state index contributed by atoms with van der Waals surface area (Å²) in [7, 11) is 0. The zero-order valence-electron chi connectivity index (χ0n) is 13.8. The lowest BCUT2D eigenvalue weighted by molar-refractivity contribution is -0.133. The predicted octanol–water partition coefficient (Wildman–Crippen LogP) is 2.61. The van der Waals surface area contributed by atoms with Crippen molar-refractivity contribution in [3.05, 3.63) is 29.8 Å². The van der Waals surface area contributed by atoms with E-state index in [0.29, 0.717) is 17.9 Å². The highest BCUT2D eigenvalue weighted by atomic mass is 16.5. The van der Waals surface area contributed by atoms with E-state index < -0.39 is 0 Å². The Bertz CT molecular complexity index is 523. The highest BCUT2D eigenvalue weighted by molar-refractivity contribution is 5.97. The molecule has 0 saturated carbocycles. The van der Waals surface area contributed by atoms with Crippen molar-refractivity contribution in [1.82, 2.24) is 10.2 Å². The third-order valence-electron chi connectivity index (χ3n) is 3.98. The van der Waals surface area contributed by atoms with E-state index in [9.17, 15) is 9.59 Å². The maximum Gasteiger partial charge on any atom is 0.260 e. The molecule has 1 saturated heterocycles. The van der Waals surface area contributed by atoms with Crippen molar-refractivity contribution in [3.63, 3.8) is 0 Å². The number of ether oxygens (including phenoxy) is 1. The van der Waals surface area contributed by atoms with Gasteiger partial charge >= 0.3 is 0 Å². The maximum atomic E-state index is 12.3. The third kappa shape index (κ3) is 5.27. The van der Waals surface area contributed by atoms with Crippen molar-refractivity contribution in [2.45, 2.75) is 39.0 Å². The average Bonchev–Trinajstić information content (AvgIpc) is 2.87. The molecule has 1 aliphatic rings. The minimum atomic E-state index is -0.162. The van der Waals surface area contributed by atoms with Crippen molar-refractivity contribution in [2.75, 3.05) is 26.2 Å². The van der Waals surface area contributed by atoms with Gasteiger partial charge < -0.3 is 15.0 Å². The molecule has 2 rings (SSSR count). The molecule has 5 nitrogen and oxygen atoms in total. The van der Waals surface area contributed by atoms with Gasteiger partial charge in [0.1, 0.15) is 5.75 Å². The molecule has 0 unspecified atom stereocenters. The number of nitrogens with zero attached hydrogens (tertiary/aromatic N) is 1. The van der Waals surface area contributed by atoms with E-state index in [2.05, 4.69) is 5.32 Å². The average molecular weight is 318 g/mol. The molecule has 0 atom stereocenters. The first kappa shape index (κ1) is 17.3. The Hall–Kier alpha value is -2.04. The molecule has 1 aliphatic heterocycles. The van der Waals surface area contributed by atoms with Crippen LogP contribution in [0.4, 0.5) is 0 Å². The predicted molar refractivity (Wildman–Crippen MR) is 89.6 cm³/mol. The van der Waals surface area contributed by atoms with E-state index in [4.69, 9.17) is 4.74 Å². The van der Waals surface area contributed by atoms with Crippen molar-refractivity contribution in [2.24, 2.45) is 0 Å². The first-order valence-corrected chi connectivity index (χ1v) is 8.50. The van der Waals surface area contributed by atoms with Crippen LogP contribution in [0, 0.1) is 0 Å². The Balaban J connectivity index is 1.94. The SMILES string of the molecule is CCCNC(=O)c1ccccc1OCC(=O)N1CCCCCC1. The summed E-state index contributed by atoms with van der Waals surface area (Å²) in [6, 6.07) is 7.06. The number of carbonyl (C=O) groups excluding carboxylic acids is 2. The number of carbonyl (C=O) groups is 2. The number of para-hydroxylation sites is 1. The van der Waals surface area contributed by atoms with Gasteiger partial charge in [-0.05, 0) is 31.4 Å². The van der Waals surface area contributed by atoms with Crippen molar-refractivity contribution < 1.29 is 14.3 Å². The maximum absolute atomic E-state index is 12.3. The number of likely N-dealkylation sites (tertiary alicyclic amines) is 1. The molecule has 1 fully saturated rings. The van der Waals surface area contributed by atoms with Crippen molar-refractivity contribution in [3.8, 4) is 5.75 Å². The highest BCUT2D eigenvalue weighted by Gasteiger charge is 2.17. The fourth-order valence-electron chi connectivity index (χ4n) is 2.66. The zero-order chi connectivity index (χ0) is 16.5. The first-order chi connectivity index (χ1) is 11.2. The van der Waals surface area contributed by atoms with Crippen LogP contribution in [0.1, 0.15) is 49.4 Å². The Labute approximate surface area is 138 Å². The molecule has 126 valence electrons. The van der Waals surface area contributed by atoms with Gasteiger partial charge in [-0.25, -0.2) is 0 Å². The number of nitrogens with one attached hydrogen (secondary N) is 1. The van der Waals surface area contributed by atoms with E-state index >= 15 is 0 Å². The molecule has 0 aromatic heterocycles. The second kappa shape index (κ2) is 9.18. The van der Waals surface area contributed by atoms with Gasteiger partial charge in [-0.2, -0.15) is 0 Å². The van der Waals surface area contributed by atoms with Gasteiger partial charge in [0, 0.05) is 19.6 Å². The van der Waals surface area contributed by atoms with Crippen LogP contribution in [-0.2, 0) is 4.79 Å². The monoisotopic (exact) mass is 318 g/mol. The zero-order valence-corrected chi connectivity index (χ0v) is 13.8. The number of benzene rings is 1. The van der Waals surface area contributed by atoms with E-state index in [1.54, 1.807) is 18.2 Å². The number of amides is 2. The van der Waals surface area contributed by atoms with Gasteiger partial charge in [0.15, 0.2) is 6.61 Å². The summed E-state index contributed by atoms with van der Waals surface area (Å²) >= 11 is 0. The van der Waals surface area contributed by atoms with Gasteiger partial charge in [-0.1, -0.05) is 31.9 Å². The van der Waals surface area contributed by atoms with Crippen LogP contribution in [-0.4, -0.2) is 43.0 Å². The van der Waals surface area contributed by atoms with E-state index in [0.717, 1.165) is 32.4 Å². The smallest absolute Gasteiger partial charge is 0.260 e. The van der Waals surface area contributed by atoms with Crippen LogP contribution < -0.4 is 10.1 Å². The molecule has 0 bridgehead atoms. The van der Waals surface area contributed by atoms with Gasteiger partial charge in [0.05, 0.1) is 5.56 Å². The third-order valence-corrected chi connectivity index (χ3v) is 3.98. The van der Waals surface area contributed by atoms with E-state index in [-0.39, 0.29) is 18.4 Å². The lowest BCUT2D eigenvalue weighted by atomic mass is 10.2. The van der Waals surface area contributed by atoms with E-state index in [1.807, 2.05) is 17.9 Å². The summed E-state index contributed by atoms with van der Waals surface area (Å²) in [6.45, 7) is 4.22. The molecule has 2 amide bonds. The molecule has 5 heteroatoms. The number of hydrogen-bond donors (Lipinski definition) is 1. The highest BCUT2D eigenvalue weighted by Crippen LogP contribution is 2.18. The second-order valence-corrected chi connectivity index (χ2v) is 5.84. The molecule has 1 aromatic carbocycles. The van der Waals surface area contributed by atoms with Gasteiger partial charge in [-0.3, -0.25) is 9.59 Å². The largest absolute Gasteiger partial charge is 0.483 e. The number of hydrogen-bond acceptors (Lipinski definition) is 3. The Morgan fingerprint density at radius 3 is 2.52 bits per heavy atom. The fraction of sp³-hybridized carbons (Fsp3) is 0.556. The van der Waals surface area contributed by atoms with Crippen LogP contribution in [0.25, 0.3) is 0 Å². The minimum absolute atomic E-state index is 0.00401. The molecule has 0 aliphatic carbocycles. The second-order valence-electron chi connectivity index (χ2n) is 5.84. The molecule has 0 spiro atoms. The first-order valence-electron chi connectivity index (χ1n) is 8.50.